The number of amides is 2. The first-order valence-electron chi connectivity index (χ1n) is 40.2. The van der Waals surface area contributed by atoms with Crippen LogP contribution >= 0.6 is 0 Å². The van der Waals surface area contributed by atoms with E-state index in [9.17, 15) is 48.6 Å². The van der Waals surface area contributed by atoms with E-state index in [1.807, 2.05) is 131 Å². The number of methoxy groups -OCH3 is 1. The molecule has 0 bridgehead atoms. The zero-order chi connectivity index (χ0) is 83.1. The lowest BCUT2D eigenvalue weighted by molar-refractivity contribution is -0.296. The predicted octanol–water partition coefficient (Wildman–Crippen LogP) is 10.0. The number of esters is 2. The molecule has 3 aromatic heterocycles. The van der Waals surface area contributed by atoms with E-state index in [0.29, 0.717) is 38.8 Å². The summed E-state index contributed by atoms with van der Waals surface area (Å²) in [5.41, 5.74) is -1.94. The number of nitrogens with zero attached hydrogens (tertiary/aromatic N) is 7. The Morgan fingerprint density at radius 3 is 1.73 bits per heavy atom. The smallest absolute Gasteiger partial charge is 0.410 e. The molecule has 1 unspecified atom stereocenters. The minimum Gasteiger partial charge on any atom is -0.458 e. The molecule has 0 saturated carbocycles. The summed E-state index contributed by atoms with van der Waals surface area (Å²) >= 11 is 0. The third-order valence-electron chi connectivity index (χ3n) is 24.7. The third kappa shape index (κ3) is 19.8. The van der Waals surface area contributed by atoms with Crippen LogP contribution < -0.4 is 5.32 Å². The van der Waals surface area contributed by atoms with Crippen LogP contribution in [-0.2, 0) is 82.7 Å². The molecule has 4 aromatic rings. The molecule has 113 heavy (non-hydrogen) atoms. The molecule has 28 nitrogen and oxygen atoms in total. The van der Waals surface area contributed by atoms with Gasteiger partial charge in [-0.25, -0.2) is 14.6 Å². The van der Waals surface area contributed by atoms with Crippen LogP contribution in [0.5, 0.6) is 0 Å². The van der Waals surface area contributed by atoms with Gasteiger partial charge < -0.3 is 82.2 Å². The summed E-state index contributed by atoms with van der Waals surface area (Å²) in [6.45, 7) is 28.8. The van der Waals surface area contributed by atoms with Crippen molar-refractivity contribution in [3.05, 3.63) is 85.2 Å². The highest BCUT2D eigenvalue weighted by molar-refractivity contribution is 6.01. The Balaban J connectivity index is 0.000000259. The van der Waals surface area contributed by atoms with Crippen molar-refractivity contribution in [2.75, 3.05) is 48.5 Å². The fraction of sp³-hybridized carbons (Fsp3) is 0.682. The maximum absolute atomic E-state index is 14.7. The Morgan fingerprint density at radius 2 is 1.18 bits per heavy atom. The van der Waals surface area contributed by atoms with Crippen LogP contribution in [0.15, 0.2) is 79.7 Å². The summed E-state index contributed by atoms with van der Waals surface area (Å²) in [5.74, 6) is -10.1. The van der Waals surface area contributed by atoms with Gasteiger partial charge in [0.1, 0.15) is 47.8 Å². The lowest BCUT2D eigenvalue weighted by Crippen LogP contribution is -2.60. The standard InChI is InChI=1S/C43H65N5O10.C42H59N3O10/c1-12-33-43(8)37(48(41(53)58-43)19-14-13-18-47-23-31(45-24-47)30-16-15-17-44-22-30)27(4)34(49)25(2)21-42(7,54-11)38(28(5)35(50)29(6)39(52)56-33)57-40-36(51)32(46(9)10)20-26(3)55-40;1-11-32-42(8)36(44-40(50)55-42)25(4)33(46)23(2)21-41(7,51-18-14-15-28-20-29-16-12-13-17-30(29)43-22-28)37(26(5)34(47)27(6)38(49)53-32)54-39-35(48)31(45(9)10)19-24(3)52-39/h15-17,22-29,32-33,36-38,40,51H,12-14,18-21H2,1-11H3;12-17,20,22-27,31-32,35-37,39,48H,11,18-19,21H2,1-10H3,(H,44,50)/b;15-14+/t25-,26-,27+,28+,29-,32+,33-,36-,37-,38-,40+,42-,43-;23-,24-,25+,26+,27-,31+,32-,35-,36-,37-,39?,41-,42-/m11/s1. The highest BCUT2D eigenvalue weighted by Crippen LogP contribution is 2.45. The molecule has 624 valence electrons. The first-order chi connectivity index (χ1) is 53.3. The number of cyclic esters (lactones) is 2. The van der Waals surface area contributed by atoms with Gasteiger partial charge in [0, 0.05) is 104 Å². The number of aromatic nitrogens is 4. The number of fused-ring (bicyclic) bond motifs is 3. The van der Waals surface area contributed by atoms with E-state index in [1.54, 1.807) is 99.1 Å². The highest BCUT2D eigenvalue weighted by Gasteiger charge is 2.62. The Bertz CT molecular complexity index is 3990. The molecule has 28 heteroatoms. The molecular formula is C85H124N8O20. The molecule has 2 amide bonds. The van der Waals surface area contributed by atoms with Gasteiger partial charge in [0.2, 0.25) is 0 Å². The van der Waals surface area contributed by atoms with Gasteiger partial charge in [0.25, 0.3) is 0 Å². The maximum Gasteiger partial charge on any atom is 0.410 e. The lowest BCUT2D eigenvalue weighted by Gasteiger charge is -2.47. The number of hydrogen-bond donors (Lipinski definition) is 3. The zero-order valence-corrected chi connectivity index (χ0v) is 69.9. The van der Waals surface area contributed by atoms with Crippen molar-refractivity contribution < 1.29 is 95.9 Å². The fourth-order valence-electron chi connectivity index (χ4n) is 18.2. The van der Waals surface area contributed by atoms with E-state index in [2.05, 4.69) is 20.3 Å². The Kier molecular flexibility index (Phi) is 29.8. The number of rotatable bonds is 19. The van der Waals surface area contributed by atoms with Crippen LogP contribution in [0.4, 0.5) is 9.59 Å². The van der Waals surface area contributed by atoms with E-state index in [0.717, 1.165) is 27.7 Å². The monoisotopic (exact) mass is 1580 g/mol. The lowest BCUT2D eigenvalue weighted by atomic mass is 9.73. The Labute approximate surface area is 665 Å². The first kappa shape index (κ1) is 89.4. The van der Waals surface area contributed by atoms with Gasteiger partial charge in [-0.2, -0.15) is 0 Å². The molecule has 6 fully saturated rings. The number of aliphatic hydroxyl groups excluding tert-OH is 2. The number of hydrogen-bond acceptors (Lipinski definition) is 25. The van der Waals surface area contributed by atoms with Crippen molar-refractivity contribution in [1.29, 1.82) is 0 Å². The number of ether oxygens (including phenoxy) is 10. The number of para-hydroxylation sites is 1. The third-order valence-corrected chi connectivity index (χ3v) is 24.7. The van der Waals surface area contributed by atoms with Crippen molar-refractivity contribution in [2.24, 2.45) is 47.3 Å². The van der Waals surface area contributed by atoms with Crippen LogP contribution in [0, 0.1) is 47.3 Å². The van der Waals surface area contributed by atoms with Crippen molar-refractivity contribution in [2.45, 2.75) is 277 Å². The number of aryl methyl sites for hydroxylation is 1. The van der Waals surface area contributed by atoms with Crippen LogP contribution in [0.3, 0.4) is 0 Å². The summed E-state index contributed by atoms with van der Waals surface area (Å²) in [4.78, 5) is 131. The molecule has 6 aliphatic rings. The number of alkyl carbamates (subject to hydrolysis) is 1. The first-order valence-corrected chi connectivity index (χ1v) is 40.2. The minimum absolute atomic E-state index is 0.0612. The fourth-order valence-corrected chi connectivity index (χ4v) is 18.2. The van der Waals surface area contributed by atoms with Gasteiger partial charge in [0.05, 0.1) is 71.8 Å². The molecule has 6 saturated heterocycles. The predicted molar refractivity (Wildman–Crippen MR) is 420 cm³/mol. The van der Waals surface area contributed by atoms with E-state index in [1.165, 1.54) is 21.0 Å². The van der Waals surface area contributed by atoms with Crippen molar-refractivity contribution in [3.63, 3.8) is 0 Å². The van der Waals surface area contributed by atoms with Crippen molar-refractivity contribution in [1.82, 2.24) is 39.5 Å². The van der Waals surface area contributed by atoms with E-state index in [4.69, 9.17) is 47.4 Å². The molecular weight excluding hydrogens is 1450 g/mol. The van der Waals surface area contributed by atoms with Crippen LogP contribution in [0.1, 0.15) is 168 Å². The number of ketones is 4. The molecule has 0 aliphatic carbocycles. The molecule has 26 atom stereocenters. The van der Waals surface area contributed by atoms with Gasteiger partial charge in [-0.3, -0.25) is 38.7 Å². The van der Waals surface area contributed by atoms with Crippen molar-refractivity contribution >= 4 is 64.2 Å². The summed E-state index contributed by atoms with van der Waals surface area (Å²) in [6, 6.07) is 11.4. The zero-order valence-electron chi connectivity index (χ0n) is 69.9. The molecule has 9 heterocycles. The number of likely N-dealkylation sites (N-methyl/N-ethyl adjacent to an activating group) is 2. The minimum atomic E-state index is -1.40. The topological polar surface area (TPSA) is 335 Å². The molecule has 0 spiro atoms. The van der Waals surface area contributed by atoms with Gasteiger partial charge in [-0.05, 0) is 165 Å². The van der Waals surface area contributed by atoms with Gasteiger partial charge in [-0.15, -0.1) is 0 Å². The highest BCUT2D eigenvalue weighted by atomic mass is 16.7. The molecule has 10 rings (SSSR count). The summed E-state index contributed by atoms with van der Waals surface area (Å²) < 4.78 is 64.6. The number of carbonyl (C=O) groups excluding carboxylic acids is 8. The summed E-state index contributed by atoms with van der Waals surface area (Å²) in [5, 5.41) is 26.8. The van der Waals surface area contributed by atoms with Gasteiger partial charge in [0.15, 0.2) is 35.3 Å². The largest absolute Gasteiger partial charge is 0.458 e. The average molecular weight is 1580 g/mol. The SMILES string of the molecule is CC[C@H]1OC(=O)[C@H](C)C(=O)[C@H](C)[C@@H](OC2O[C@H](C)C[C@H](N(C)C)[C@H]2O)[C@](C)(OC/C=C/c2cnc3ccccc3c2)C[C@@H](C)C(=O)[C@H](C)[C@H]2NC(=O)O[C@@]21C.CC[C@H]1OC(=O)[C@H](C)C(=O)[C@H](C)[C@@H](O[C@@H]2O[C@H](C)C[C@H](N(C)C)[C@H]2O)[C@](C)(OC)C[C@@H](C)C(=O)[C@H](C)[C@H]2N(CCCCn3cnc(-c4cccnc4)c3)C(=O)O[C@]12C. The molecule has 0 radical (unpaired) electrons. The second-order valence-electron chi connectivity index (χ2n) is 33.7. The normalized spacial score (nSPS) is 37.4. The van der Waals surface area contributed by atoms with Gasteiger partial charge >= 0.3 is 24.1 Å². The number of imidazole rings is 1. The van der Waals surface area contributed by atoms with E-state index < -0.39 is 167 Å². The van der Waals surface area contributed by atoms with E-state index >= 15 is 0 Å². The Morgan fingerprint density at radius 1 is 0.637 bits per heavy atom. The number of benzene rings is 1. The van der Waals surface area contributed by atoms with Crippen LogP contribution in [0.25, 0.3) is 28.2 Å². The average Bonchev–Trinajstić information content (AvgIpc) is 1.63. The molecule has 6 aliphatic heterocycles. The quantitative estimate of drug-likeness (QED) is 0.0340. The summed E-state index contributed by atoms with van der Waals surface area (Å²) in [6.07, 6.45) is 5.57. The second kappa shape index (κ2) is 37.6. The molecule has 3 N–H and O–H groups in total. The van der Waals surface area contributed by atoms with Crippen molar-refractivity contribution in [3.8, 4) is 11.3 Å². The molecule has 1 aromatic carbocycles. The Hall–Kier alpha value is -7.51. The maximum atomic E-state index is 14.7. The number of aliphatic hydroxyl groups is 2. The summed E-state index contributed by atoms with van der Waals surface area (Å²) in [7, 11) is 8.98. The van der Waals surface area contributed by atoms with E-state index in [-0.39, 0.29) is 68.1 Å². The second-order valence-corrected chi connectivity index (χ2v) is 33.7. The number of unbranched alkanes of at least 4 members (excludes halogenated alkanes) is 1. The number of nitrogens with one attached hydrogen (secondary N) is 1. The number of carbonyl (C=O) groups is 8. The van der Waals surface area contributed by atoms with Crippen LogP contribution in [0.2, 0.25) is 0 Å². The number of pyridine rings is 2. The van der Waals surface area contributed by atoms with Gasteiger partial charge in [-0.1, -0.05) is 85.7 Å². The van der Waals surface area contributed by atoms with Crippen LogP contribution in [-0.4, -0.2) is 248 Å². The number of Topliss-reactive ketones (excluding diaryl/α,β-unsaturated/α-hetero) is 4.